The van der Waals surface area contributed by atoms with Crippen LogP contribution in [0.5, 0.6) is 0 Å². The van der Waals surface area contributed by atoms with E-state index >= 15 is 0 Å². The molecule has 4 heteroatoms. The number of rotatable bonds is 1. The summed E-state index contributed by atoms with van der Waals surface area (Å²) >= 11 is 0. The number of nitrogens with one attached hydrogen (secondary N) is 1. The number of H-pyrrole nitrogens is 1. The van der Waals surface area contributed by atoms with Crippen molar-refractivity contribution in [3.63, 3.8) is 0 Å². The van der Waals surface area contributed by atoms with Gasteiger partial charge in [-0.3, -0.25) is 4.99 Å². The van der Waals surface area contributed by atoms with E-state index in [9.17, 15) is 0 Å². The zero-order chi connectivity index (χ0) is 6.69. The van der Waals surface area contributed by atoms with Crippen LogP contribution >= 0.6 is 0 Å². The van der Waals surface area contributed by atoms with Gasteiger partial charge in [-0.15, -0.1) is 0 Å². The van der Waals surface area contributed by atoms with Crippen LogP contribution in [0.2, 0.25) is 0 Å². The first kappa shape index (κ1) is 5.81. The van der Waals surface area contributed by atoms with Gasteiger partial charge in [-0.2, -0.15) is 0 Å². The normalized spacial score (nSPS) is 11.9. The number of imidazole rings is 1. The fraction of sp³-hybridized carbons (Fsp3) is 0.200. The van der Waals surface area contributed by atoms with E-state index in [1.54, 1.807) is 19.4 Å². The van der Waals surface area contributed by atoms with Crippen molar-refractivity contribution >= 4 is 5.84 Å². The molecule has 0 radical (unpaired) electrons. The van der Waals surface area contributed by atoms with E-state index in [4.69, 9.17) is 5.73 Å². The second-order valence-corrected chi connectivity index (χ2v) is 1.55. The Morgan fingerprint density at radius 1 is 1.89 bits per heavy atom. The van der Waals surface area contributed by atoms with Crippen molar-refractivity contribution in [1.82, 2.24) is 9.97 Å². The van der Waals surface area contributed by atoms with Gasteiger partial charge in [-0.05, 0) is 0 Å². The van der Waals surface area contributed by atoms with Crippen molar-refractivity contribution in [1.29, 1.82) is 0 Å². The lowest BCUT2D eigenvalue weighted by molar-refractivity contribution is 1.22. The van der Waals surface area contributed by atoms with Crippen molar-refractivity contribution in [3.05, 3.63) is 18.2 Å². The number of nitrogens with zero attached hydrogens (tertiary/aromatic N) is 2. The molecular weight excluding hydrogens is 116 g/mol. The summed E-state index contributed by atoms with van der Waals surface area (Å²) in [6.07, 6.45) is 3.33. The van der Waals surface area contributed by atoms with E-state index in [2.05, 4.69) is 15.0 Å². The van der Waals surface area contributed by atoms with Crippen LogP contribution in [0.15, 0.2) is 17.4 Å². The van der Waals surface area contributed by atoms with Crippen LogP contribution in [-0.2, 0) is 0 Å². The minimum Gasteiger partial charge on any atom is -0.381 e. The van der Waals surface area contributed by atoms with E-state index < -0.39 is 0 Å². The quantitative estimate of drug-likeness (QED) is 0.400. The predicted molar refractivity (Wildman–Crippen MR) is 35.2 cm³/mol. The van der Waals surface area contributed by atoms with Gasteiger partial charge in [0.2, 0.25) is 0 Å². The molecule has 0 saturated carbocycles. The van der Waals surface area contributed by atoms with E-state index in [1.165, 1.54) is 0 Å². The van der Waals surface area contributed by atoms with Crippen LogP contribution in [-0.4, -0.2) is 22.9 Å². The first-order valence-corrected chi connectivity index (χ1v) is 2.56. The molecule has 0 aliphatic carbocycles. The summed E-state index contributed by atoms with van der Waals surface area (Å²) in [5, 5.41) is 0. The van der Waals surface area contributed by atoms with Gasteiger partial charge in [0.1, 0.15) is 0 Å². The molecule has 9 heavy (non-hydrogen) atoms. The first-order valence-electron chi connectivity index (χ1n) is 2.56. The summed E-state index contributed by atoms with van der Waals surface area (Å²) in [5.41, 5.74) is 5.39. The number of hydrogen-bond donors (Lipinski definition) is 2. The lowest BCUT2D eigenvalue weighted by Crippen LogP contribution is -2.14. The molecule has 4 nitrogen and oxygen atoms in total. The average molecular weight is 124 g/mol. The Morgan fingerprint density at radius 3 is 3.11 bits per heavy atom. The third-order valence-corrected chi connectivity index (χ3v) is 0.982. The molecule has 48 valence electrons. The lowest BCUT2D eigenvalue weighted by Gasteiger charge is -1.89. The summed E-state index contributed by atoms with van der Waals surface area (Å²) in [5.74, 6) is 1.05. The molecule has 0 amide bonds. The third-order valence-electron chi connectivity index (χ3n) is 0.982. The molecule has 1 rings (SSSR count). The minimum atomic E-state index is 0.431. The number of aliphatic imine (C=N–C) groups is 1. The van der Waals surface area contributed by atoms with Crippen molar-refractivity contribution in [2.75, 3.05) is 7.05 Å². The summed E-state index contributed by atoms with van der Waals surface area (Å²) in [6.45, 7) is 0. The Labute approximate surface area is 52.8 Å². The molecule has 0 spiro atoms. The highest BCUT2D eigenvalue weighted by atomic mass is 15.0. The van der Waals surface area contributed by atoms with Crippen LogP contribution < -0.4 is 5.73 Å². The highest BCUT2D eigenvalue weighted by Crippen LogP contribution is 1.84. The monoisotopic (exact) mass is 124 g/mol. The summed E-state index contributed by atoms with van der Waals surface area (Å²) in [7, 11) is 1.62. The van der Waals surface area contributed by atoms with Crippen LogP contribution in [0.3, 0.4) is 0 Å². The van der Waals surface area contributed by atoms with Gasteiger partial charge < -0.3 is 10.7 Å². The van der Waals surface area contributed by atoms with Crippen LogP contribution in [0.4, 0.5) is 0 Å². The molecule has 1 aromatic heterocycles. The molecule has 0 saturated heterocycles. The van der Waals surface area contributed by atoms with Crippen molar-refractivity contribution < 1.29 is 0 Å². The maximum Gasteiger partial charge on any atom is 0.172 e. The number of hydrogen-bond acceptors (Lipinski definition) is 2. The first-order chi connectivity index (χ1) is 4.34. The Balaban J connectivity index is 2.90. The van der Waals surface area contributed by atoms with Gasteiger partial charge in [-0.1, -0.05) is 0 Å². The maximum absolute atomic E-state index is 5.39. The summed E-state index contributed by atoms with van der Waals surface area (Å²) < 4.78 is 0. The van der Waals surface area contributed by atoms with Crippen LogP contribution in [0, 0.1) is 0 Å². The Hall–Kier alpha value is -1.32. The van der Waals surface area contributed by atoms with E-state index in [0.717, 1.165) is 0 Å². The zero-order valence-corrected chi connectivity index (χ0v) is 5.13. The van der Waals surface area contributed by atoms with E-state index in [1.807, 2.05) is 0 Å². The van der Waals surface area contributed by atoms with Gasteiger partial charge in [0, 0.05) is 19.4 Å². The maximum atomic E-state index is 5.39. The standard InChI is InChI=1S/C5H8N4/c1-7-4(6)5-8-2-3-9-5/h2-3H,1H3,(H2,6,7)(H,8,9). The van der Waals surface area contributed by atoms with Crippen molar-refractivity contribution in [3.8, 4) is 0 Å². The van der Waals surface area contributed by atoms with Gasteiger partial charge in [0.15, 0.2) is 11.7 Å². The highest BCUT2D eigenvalue weighted by molar-refractivity contribution is 5.93. The van der Waals surface area contributed by atoms with Crippen LogP contribution in [0.25, 0.3) is 0 Å². The SMILES string of the molecule is CN=C(N)c1ncc[nH]1. The Kier molecular flexibility index (Phi) is 1.48. The fourth-order valence-corrected chi connectivity index (χ4v) is 0.511. The highest BCUT2D eigenvalue weighted by Gasteiger charge is 1.95. The second-order valence-electron chi connectivity index (χ2n) is 1.55. The van der Waals surface area contributed by atoms with Crippen LogP contribution in [0.1, 0.15) is 5.82 Å². The average Bonchev–Trinajstić information content (AvgIpc) is 2.37. The number of aromatic amines is 1. The zero-order valence-electron chi connectivity index (χ0n) is 5.13. The third kappa shape index (κ3) is 1.07. The number of amidine groups is 1. The largest absolute Gasteiger partial charge is 0.381 e. The van der Waals surface area contributed by atoms with E-state index in [-0.39, 0.29) is 0 Å². The molecule has 0 fully saturated rings. The summed E-state index contributed by atoms with van der Waals surface area (Å²) in [6, 6.07) is 0. The molecular formula is C5H8N4. The molecule has 0 atom stereocenters. The molecule has 0 unspecified atom stereocenters. The topological polar surface area (TPSA) is 67.1 Å². The smallest absolute Gasteiger partial charge is 0.172 e. The molecule has 0 aromatic carbocycles. The molecule has 1 heterocycles. The predicted octanol–water partition coefficient (Wildman–Crippen LogP) is -0.255. The molecule has 0 aliphatic rings. The fourth-order valence-electron chi connectivity index (χ4n) is 0.511. The molecule has 0 aliphatic heterocycles. The molecule has 3 N–H and O–H groups in total. The van der Waals surface area contributed by atoms with Gasteiger partial charge >= 0.3 is 0 Å². The van der Waals surface area contributed by atoms with Crippen molar-refractivity contribution in [2.45, 2.75) is 0 Å². The van der Waals surface area contributed by atoms with Gasteiger partial charge in [0.25, 0.3) is 0 Å². The second kappa shape index (κ2) is 2.30. The number of nitrogens with two attached hydrogens (primary N) is 1. The molecule has 0 bridgehead atoms. The van der Waals surface area contributed by atoms with Gasteiger partial charge in [0.05, 0.1) is 0 Å². The van der Waals surface area contributed by atoms with E-state index in [0.29, 0.717) is 11.7 Å². The van der Waals surface area contributed by atoms with Gasteiger partial charge in [-0.25, -0.2) is 4.98 Å². The van der Waals surface area contributed by atoms with Crippen molar-refractivity contribution in [2.24, 2.45) is 10.7 Å². The molecule has 1 aromatic rings. The number of aromatic nitrogens is 2. The Morgan fingerprint density at radius 2 is 2.67 bits per heavy atom. The Bertz CT molecular complexity index is 199. The summed E-state index contributed by atoms with van der Waals surface area (Å²) in [4.78, 5) is 10.4. The minimum absolute atomic E-state index is 0.431. The lowest BCUT2D eigenvalue weighted by atomic mass is 10.6.